The van der Waals surface area contributed by atoms with Crippen molar-refractivity contribution in [2.45, 2.75) is 11.8 Å². The third-order valence-electron chi connectivity index (χ3n) is 2.40. The van der Waals surface area contributed by atoms with E-state index in [0.717, 1.165) is 0 Å². The standard InChI is InChI=1S/C10H9ClN2O3/c11-6-3-9(14)13(5-6)8-1-2-12-4-7(8)10(15)16/h1-2,4,6H,3,5H2,(H,15,16). The fourth-order valence-corrected chi connectivity index (χ4v) is 1.95. The van der Waals surface area contributed by atoms with Crippen molar-refractivity contribution in [3.63, 3.8) is 0 Å². The first-order valence-electron chi connectivity index (χ1n) is 4.71. The van der Waals surface area contributed by atoms with Gasteiger partial charge in [0.05, 0.1) is 11.1 Å². The van der Waals surface area contributed by atoms with Gasteiger partial charge in [0.25, 0.3) is 0 Å². The molecule has 1 unspecified atom stereocenters. The molecule has 5 nitrogen and oxygen atoms in total. The van der Waals surface area contributed by atoms with Crippen LogP contribution in [0.2, 0.25) is 0 Å². The maximum Gasteiger partial charge on any atom is 0.339 e. The number of alkyl halides is 1. The zero-order valence-corrected chi connectivity index (χ0v) is 9.02. The van der Waals surface area contributed by atoms with Gasteiger partial charge >= 0.3 is 5.97 Å². The molecule has 1 saturated heterocycles. The summed E-state index contributed by atoms with van der Waals surface area (Å²) in [6.07, 6.45) is 2.92. The topological polar surface area (TPSA) is 70.5 Å². The fourth-order valence-electron chi connectivity index (χ4n) is 1.68. The molecule has 16 heavy (non-hydrogen) atoms. The molecule has 1 aliphatic rings. The number of carboxylic acid groups (broad SMARTS) is 1. The molecule has 0 spiro atoms. The van der Waals surface area contributed by atoms with Crippen LogP contribution in [0, 0.1) is 0 Å². The molecule has 0 aromatic carbocycles. The normalized spacial score (nSPS) is 20.2. The van der Waals surface area contributed by atoms with Crippen LogP contribution in [0.15, 0.2) is 18.5 Å². The van der Waals surface area contributed by atoms with Crippen LogP contribution >= 0.6 is 11.6 Å². The molecule has 0 bridgehead atoms. The van der Waals surface area contributed by atoms with E-state index in [1.54, 1.807) is 0 Å². The van der Waals surface area contributed by atoms with E-state index in [1.165, 1.54) is 23.4 Å². The number of carbonyl (C=O) groups is 2. The summed E-state index contributed by atoms with van der Waals surface area (Å²) in [6.45, 7) is 0.338. The Morgan fingerprint density at radius 2 is 2.38 bits per heavy atom. The van der Waals surface area contributed by atoms with Crippen LogP contribution in [-0.4, -0.2) is 33.9 Å². The Labute approximate surface area is 96.7 Å². The second kappa shape index (κ2) is 4.09. The number of hydrogen-bond acceptors (Lipinski definition) is 3. The van der Waals surface area contributed by atoms with Crippen molar-refractivity contribution in [1.82, 2.24) is 4.98 Å². The molecule has 0 radical (unpaired) electrons. The number of amides is 1. The van der Waals surface area contributed by atoms with Gasteiger partial charge in [0.2, 0.25) is 5.91 Å². The molecule has 0 saturated carbocycles. The summed E-state index contributed by atoms with van der Waals surface area (Å²) in [7, 11) is 0. The molecule has 2 rings (SSSR count). The molecule has 84 valence electrons. The van der Waals surface area contributed by atoms with Gasteiger partial charge in [-0.2, -0.15) is 0 Å². The molecular formula is C10H9ClN2O3. The van der Waals surface area contributed by atoms with Gasteiger partial charge in [0.1, 0.15) is 5.56 Å². The van der Waals surface area contributed by atoms with Crippen molar-refractivity contribution in [2.75, 3.05) is 11.4 Å². The number of carbonyl (C=O) groups excluding carboxylic acids is 1. The van der Waals surface area contributed by atoms with E-state index in [2.05, 4.69) is 4.98 Å². The highest BCUT2D eigenvalue weighted by Gasteiger charge is 2.31. The Hall–Kier alpha value is -1.62. The Morgan fingerprint density at radius 1 is 1.62 bits per heavy atom. The predicted octanol–water partition coefficient (Wildman–Crippen LogP) is 1.12. The summed E-state index contributed by atoms with van der Waals surface area (Å²) in [5.74, 6) is -1.26. The van der Waals surface area contributed by atoms with Gasteiger partial charge in [-0.05, 0) is 6.07 Å². The first kappa shape index (κ1) is 10.9. The summed E-state index contributed by atoms with van der Waals surface area (Å²) < 4.78 is 0. The Balaban J connectivity index is 2.40. The first-order valence-corrected chi connectivity index (χ1v) is 5.15. The maximum absolute atomic E-state index is 11.6. The number of rotatable bonds is 2. The Morgan fingerprint density at radius 3 is 2.94 bits per heavy atom. The number of aromatic nitrogens is 1. The Bertz CT molecular complexity index is 449. The van der Waals surface area contributed by atoms with Crippen LogP contribution in [0.3, 0.4) is 0 Å². The number of hydrogen-bond donors (Lipinski definition) is 1. The van der Waals surface area contributed by atoms with Crippen molar-refractivity contribution in [2.24, 2.45) is 0 Å². The van der Waals surface area contributed by atoms with E-state index in [0.29, 0.717) is 12.2 Å². The summed E-state index contributed by atoms with van der Waals surface area (Å²) in [5, 5.41) is 8.71. The molecule has 1 atom stereocenters. The molecule has 1 amide bonds. The molecule has 6 heteroatoms. The van der Waals surface area contributed by atoms with Gasteiger partial charge < -0.3 is 10.0 Å². The van der Waals surface area contributed by atoms with Crippen LogP contribution in [0.4, 0.5) is 5.69 Å². The lowest BCUT2D eigenvalue weighted by Gasteiger charge is -2.17. The molecule has 1 fully saturated rings. The van der Waals surface area contributed by atoms with E-state index < -0.39 is 5.97 Å². The van der Waals surface area contributed by atoms with Gasteiger partial charge in [-0.25, -0.2) is 4.79 Å². The quantitative estimate of drug-likeness (QED) is 0.787. The Kier molecular flexibility index (Phi) is 2.78. The van der Waals surface area contributed by atoms with Crippen LogP contribution in [0.1, 0.15) is 16.8 Å². The average Bonchev–Trinajstić information content (AvgIpc) is 2.57. The second-order valence-electron chi connectivity index (χ2n) is 3.50. The smallest absolute Gasteiger partial charge is 0.339 e. The number of carboxylic acids is 1. The lowest BCUT2D eigenvalue weighted by Crippen LogP contribution is -2.26. The highest BCUT2D eigenvalue weighted by Crippen LogP contribution is 2.26. The summed E-state index contributed by atoms with van der Waals surface area (Å²) in [6, 6.07) is 1.51. The number of aromatic carboxylic acids is 1. The van der Waals surface area contributed by atoms with E-state index in [9.17, 15) is 9.59 Å². The zero-order chi connectivity index (χ0) is 11.7. The van der Waals surface area contributed by atoms with Crippen LogP contribution in [0.5, 0.6) is 0 Å². The minimum atomic E-state index is -1.10. The first-order chi connectivity index (χ1) is 7.59. The third-order valence-corrected chi connectivity index (χ3v) is 2.69. The van der Waals surface area contributed by atoms with Gasteiger partial charge in [-0.3, -0.25) is 9.78 Å². The van der Waals surface area contributed by atoms with Crippen molar-refractivity contribution >= 4 is 29.2 Å². The van der Waals surface area contributed by atoms with E-state index >= 15 is 0 Å². The van der Waals surface area contributed by atoms with E-state index in [-0.39, 0.29) is 23.3 Å². The molecular weight excluding hydrogens is 232 g/mol. The highest BCUT2D eigenvalue weighted by atomic mass is 35.5. The van der Waals surface area contributed by atoms with E-state index in [4.69, 9.17) is 16.7 Å². The molecule has 1 aromatic rings. The van der Waals surface area contributed by atoms with E-state index in [1.807, 2.05) is 0 Å². The number of nitrogens with zero attached hydrogens (tertiary/aromatic N) is 2. The van der Waals surface area contributed by atoms with Gasteiger partial charge in [-0.1, -0.05) is 0 Å². The fraction of sp³-hybridized carbons (Fsp3) is 0.300. The number of pyridine rings is 1. The minimum Gasteiger partial charge on any atom is -0.478 e. The minimum absolute atomic E-state index is 0.0154. The van der Waals surface area contributed by atoms with Crippen LogP contribution in [0.25, 0.3) is 0 Å². The van der Waals surface area contributed by atoms with Crippen molar-refractivity contribution in [3.8, 4) is 0 Å². The lowest BCUT2D eigenvalue weighted by molar-refractivity contribution is -0.117. The van der Waals surface area contributed by atoms with Crippen molar-refractivity contribution in [1.29, 1.82) is 0 Å². The van der Waals surface area contributed by atoms with Crippen LogP contribution in [-0.2, 0) is 4.79 Å². The predicted molar refractivity (Wildman–Crippen MR) is 57.8 cm³/mol. The SMILES string of the molecule is O=C(O)c1cnccc1N1CC(Cl)CC1=O. The molecule has 1 aliphatic heterocycles. The summed E-state index contributed by atoms with van der Waals surface area (Å²) in [4.78, 5) is 27.7. The highest BCUT2D eigenvalue weighted by molar-refractivity contribution is 6.24. The average molecular weight is 241 g/mol. The van der Waals surface area contributed by atoms with Crippen molar-refractivity contribution < 1.29 is 14.7 Å². The monoisotopic (exact) mass is 240 g/mol. The molecule has 1 N–H and O–H groups in total. The summed E-state index contributed by atoms with van der Waals surface area (Å²) >= 11 is 5.86. The largest absolute Gasteiger partial charge is 0.478 e. The molecule has 0 aliphatic carbocycles. The van der Waals surface area contributed by atoms with Crippen molar-refractivity contribution in [3.05, 3.63) is 24.0 Å². The maximum atomic E-state index is 11.6. The number of halogens is 1. The van der Waals surface area contributed by atoms with Gasteiger partial charge in [-0.15, -0.1) is 11.6 Å². The lowest BCUT2D eigenvalue weighted by atomic mass is 10.2. The summed E-state index contributed by atoms with van der Waals surface area (Å²) in [5.41, 5.74) is 0.372. The number of anilines is 1. The zero-order valence-electron chi connectivity index (χ0n) is 8.26. The second-order valence-corrected chi connectivity index (χ2v) is 4.12. The molecule has 1 aromatic heterocycles. The molecule has 2 heterocycles. The third kappa shape index (κ3) is 1.86. The van der Waals surface area contributed by atoms with Crippen LogP contribution < -0.4 is 4.90 Å². The van der Waals surface area contributed by atoms with Gasteiger partial charge in [0.15, 0.2) is 0 Å². The van der Waals surface area contributed by atoms with Gasteiger partial charge in [0, 0.05) is 25.4 Å².